The normalized spacial score (nSPS) is 10.4. The van der Waals surface area contributed by atoms with E-state index in [-0.39, 0.29) is 5.91 Å². The molecule has 0 saturated carbocycles. The Morgan fingerprint density at radius 3 is 2.68 bits per heavy atom. The van der Waals surface area contributed by atoms with Gasteiger partial charge in [0.25, 0.3) is 5.91 Å². The summed E-state index contributed by atoms with van der Waals surface area (Å²) in [6.07, 6.45) is 3.20. The molecule has 0 spiro atoms. The van der Waals surface area contributed by atoms with Gasteiger partial charge in [0.15, 0.2) is 5.82 Å². The molecule has 0 aliphatic heterocycles. The van der Waals surface area contributed by atoms with Crippen molar-refractivity contribution in [2.75, 3.05) is 19.5 Å². The molecule has 0 bridgehead atoms. The summed E-state index contributed by atoms with van der Waals surface area (Å²) in [6.45, 7) is 1.82. The second-order valence-corrected chi connectivity index (χ2v) is 5.26. The summed E-state index contributed by atoms with van der Waals surface area (Å²) < 4.78 is 12.1. The molecule has 25 heavy (non-hydrogen) atoms. The van der Waals surface area contributed by atoms with Gasteiger partial charge in [-0.3, -0.25) is 4.79 Å². The van der Waals surface area contributed by atoms with Crippen LogP contribution in [-0.2, 0) is 0 Å². The van der Waals surface area contributed by atoms with E-state index in [1.165, 1.54) is 13.3 Å². The fourth-order valence-corrected chi connectivity index (χ4v) is 2.43. The summed E-state index contributed by atoms with van der Waals surface area (Å²) in [6, 6.07) is 10.7. The molecule has 0 atom stereocenters. The maximum atomic E-state index is 12.6. The number of anilines is 1. The minimum atomic E-state index is -0.275. The maximum absolute atomic E-state index is 12.6. The van der Waals surface area contributed by atoms with Gasteiger partial charge in [-0.15, -0.1) is 0 Å². The molecule has 2 aromatic heterocycles. The number of benzene rings is 1. The number of carbonyl (C=O) groups is 1. The fraction of sp³-hybridized carbons (Fsp3) is 0.167. The van der Waals surface area contributed by atoms with Crippen molar-refractivity contribution in [3.63, 3.8) is 0 Å². The molecular formula is C18H18N4O3. The van der Waals surface area contributed by atoms with Gasteiger partial charge in [0, 0.05) is 12.3 Å². The Hall–Kier alpha value is -3.35. The van der Waals surface area contributed by atoms with Gasteiger partial charge in [0.2, 0.25) is 0 Å². The Morgan fingerprint density at radius 1 is 1.16 bits per heavy atom. The summed E-state index contributed by atoms with van der Waals surface area (Å²) >= 11 is 0. The number of hydrogen-bond donors (Lipinski definition) is 1. The van der Waals surface area contributed by atoms with Crippen LogP contribution in [0.2, 0.25) is 0 Å². The van der Waals surface area contributed by atoms with Crippen LogP contribution in [0.3, 0.4) is 0 Å². The second kappa shape index (κ2) is 7.04. The van der Waals surface area contributed by atoms with Crippen LogP contribution >= 0.6 is 0 Å². The van der Waals surface area contributed by atoms with Crippen LogP contribution < -0.4 is 14.8 Å². The molecule has 1 amide bonds. The van der Waals surface area contributed by atoms with Crippen LogP contribution in [0.15, 0.2) is 48.8 Å². The molecule has 128 valence electrons. The molecule has 7 heteroatoms. The SMILES string of the molecule is COc1ccc(NC(=O)c2cnn(-c3ccccn3)c2C)c(OC)c1. The minimum Gasteiger partial charge on any atom is -0.497 e. The lowest BCUT2D eigenvalue weighted by Gasteiger charge is -2.11. The number of hydrogen-bond acceptors (Lipinski definition) is 5. The van der Waals surface area contributed by atoms with Crippen LogP contribution in [0, 0.1) is 6.92 Å². The third-order valence-electron chi connectivity index (χ3n) is 3.78. The zero-order valence-corrected chi connectivity index (χ0v) is 14.2. The van der Waals surface area contributed by atoms with Gasteiger partial charge in [-0.1, -0.05) is 6.07 Å². The summed E-state index contributed by atoms with van der Waals surface area (Å²) in [5.74, 6) is 1.54. The molecule has 1 aromatic carbocycles. The molecule has 0 radical (unpaired) electrons. The molecule has 0 fully saturated rings. The van der Waals surface area contributed by atoms with Crippen LogP contribution in [0.1, 0.15) is 16.1 Å². The number of pyridine rings is 1. The number of amides is 1. The van der Waals surface area contributed by atoms with E-state index >= 15 is 0 Å². The molecule has 3 aromatic rings. The lowest BCUT2D eigenvalue weighted by molar-refractivity contribution is 0.102. The number of nitrogens with one attached hydrogen (secondary N) is 1. The van der Waals surface area contributed by atoms with Gasteiger partial charge in [-0.25, -0.2) is 9.67 Å². The van der Waals surface area contributed by atoms with E-state index in [1.54, 1.807) is 36.2 Å². The zero-order valence-electron chi connectivity index (χ0n) is 14.2. The lowest BCUT2D eigenvalue weighted by Crippen LogP contribution is -2.14. The van der Waals surface area contributed by atoms with Crippen molar-refractivity contribution < 1.29 is 14.3 Å². The first-order chi connectivity index (χ1) is 12.1. The van der Waals surface area contributed by atoms with Gasteiger partial charge in [0.1, 0.15) is 11.5 Å². The first-order valence-corrected chi connectivity index (χ1v) is 7.63. The number of carbonyl (C=O) groups excluding carboxylic acids is 1. The van der Waals surface area contributed by atoms with Gasteiger partial charge < -0.3 is 14.8 Å². The maximum Gasteiger partial charge on any atom is 0.259 e. The summed E-state index contributed by atoms with van der Waals surface area (Å²) in [4.78, 5) is 16.9. The third-order valence-corrected chi connectivity index (χ3v) is 3.78. The average molecular weight is 338 g/mol. The Morgan fingerprint density at radius 2 is 2.00 bits per heavy atom. The quantitative estimate of drug-likeness (QED) is 0.774. The molecule has 0 aliphatic carbocycles. The molecule has 0 unspecified atom stereocenters. The van der Waals surface area contributed by atoms with E-state index in [0.29, 0.717) is 34.3 Å². The third kappa shape index (κ3) is 3.30. The van der Waals surface area contributed by atoms with Crippen LogP contribution in [0.25, 0.3) is 5.82 Å². The largest absolute Gasteiger partial charge is 0.497 e. The van der Waals surface area contributed by atoms with Crippen LogP contribution in [0.5, 0.6) is 11.5 Å². The minimum absolute atomic E-state index is 0.275. The van der Waals surface area contributed by atoms with Gasteiger partial charge in [0.05, 0.1) is 37.4 Å². The highest BCUT2D eigenvalue weighted by Crippen LogP contribution is 2.29. The number of aromatic nitrogens is 3. The summed E-state index contributed by atoms with van der Waals surface area (Å²) in [5.41, 5.74) is 1.71. The first-order valence-electron chi connectivity index (χ1n) is 7.63. The molecule has 3 rings (SSSR count). The predicted molar refractivity (Wildman–Crippen MR) is 93.6 cm³/mol. The number of methoxy groups -OCH3 is 2. The highest BCUT2D eigenvalue weighted by atomic mass is 16.5. The Kier molecular flexibility index (Phi) is 4.65. The van der Waals surface area contributed by atoms with Crippen molar-refractivity contribution in [1.82, 2.24) is 14.8 Å². The van der Waals surface area contributed by atoms with Gasteiger partial charge in [-0.2, -0.15) is 5.10 Å². The highest BCUT2D eigenvalue weighted by Gasteiger charge is 2.17. The Labute approximate surface area is 145 Å². The molecule has 1 N–H and O–H groups in total. The average Bonchev–Trinajstić information content (AvgIpc) is 3.04. The zero-order chi connectivity index (χ0) is 17.8. The lowest BCUT2D eigenvalue weighted by atomic mass is 10.2. The first kappa shape index (κ1) is 16.5. The smallest absolute Gasteiger partial charge is 0.259 e. The monoisotopic (exact) mass is 338 g/mol. The Bertz CT molecular complexity index is 891. The van der Waals surface area contributed by atoms with Gasteiger partial charge >= 0.3 is 0 Å². The summed E-state index contributed by atoms with van der Waals surface area (Å²) in [5, 5.41) is 7.10. The van der Waals surface area contributed by atoms with E-state index in [0.717, 1.165) is 0 Å². The van der Waals surface area contributed by atoms with E-state index in [2.05, 4.69) is 15.4 Å². The van der Waals surface area contributed by atoms with E-state index in [4.69, 9.17) is 9.47 Å². The number of ether oxygens (including phenoxy) is 2. The van der Waals surface area contributed by atoms with Crippen molar-refractivity contribution in [2.45, 2.75) is 6.92 Å². The number of nitrogens with zero attached hydrogens (tertiary/aromatic N) is 3. The van der Waals surface area contributed by atoms with Crippen molar-refractivity contribution in [2.24, 2.45) is 0 Å². The second-order valence-electron chi connectivity index (χ2n) is 5.26. The predicted octanol–water partition coefficient (Wildman–Crippen LogP) is 2.85. The summed E-state index contributed by atoms with van der Waals surface area (Å²) in [7, 11) is 3.11. The van der Waals surface area contributed by atoms with Crippen LogP contribution in [-0.4, -0.2) is 34.9 Å². The topological polar surface area (TPSA) is 78.3 Å². The van der Waals surface area contributed by atoms with E-state index in [9.17, 15) is 4.79 Å². The van der Waals surface area contributed by atoms with Gasteiger partial charge in [-0.05, 0) is 31.2 Å². The molecule has 0 aliphatic rings. The van der Waals surface area contributed by atoms with Crippen LogP contribution in [0.4, 0.5) is 5.69 Å². The molecular weight excluding hydrogens is 320 g/mol. The standard InChI is InChI=1S/C18H18N4O3/c1-12-14(11-20-22(12)17-6-4-5-9-19-17)18(23)21-15-8-7-13(24-2)10-16(15)25-3/h4-11H,1-3H3,(H,21,23). The van der Waals surface area contributed by atoms with Crippen molar-refractivity contribution >= 4 is 11.6 Å². The van der Waals surface area contributed by atoms with Crippen molar-refractivity contribution in [1.29, 1.82) is 0 Å². The Balaban J connectivity index is 1.87. The van der Waals surface area contributed by atoms with Crippen molar-refractivity contribution in [3.05, 3.63) is 60.0 Å². The number of rotatable bonds is 5. The van der Waals surface area contributed by atoms with E-state index < -0.39 is 0 Å². The molecule has 0 saturated heterocycles. The van der Waals surface area contributed by atoms with Crippen molar-refractivity contribution in [3.8, 4) is 17.3 Å². The highest BCUT2D eigenvalue weighted by molar-refractivity contribution is 6.05. The molecule has 7 nitrogen and oxygen atoms in total. The van der Waals surface area contributed by atoms with E-state index in [1.807, 2.05) is 25.1 Å². The molecule has 2 heterocycles. The fourth-order valence-electron chi connectivity index (χ4n) is 2.43.